The topological polar surface area (TPSA) is 20.2 Å². The molecule has 0 rings (SSSR count). The molecular weight excluding hydrogens is 184 g/mol. The van der Waals surface area contributed by atoms with Crippen LogP contribution in [-0.4, -0.2) is 11.7 Å². The Labute approximate surface area is 94.6 Å². The second-order valence-electron chi connectivity index (χ2n) is 3.83. The van der Waals surface area contributed by atoms with Crippen LogP contribution in [0.15, 0.2) is 12.7 Å². The number of rotatable bonds is 9. The maximum atomic E-state index is 8.59. The van der Waals surface area contributed by atoms with Gasteiger partial charge in [0.1, 0.15) is 0 Å². The Kier molecular flexibility index (Phi) is 12.6. The van der Waals surface area contributed by atoms with E-state index < -0.39 is 0 Å². The smallest absolute Gasteiger partial charge is 0.0431 e. The third-order valence-electron chi connectivity index (χ3n) is 2.41. The van der Waals surface area contributed by atoms with Gasteiger partial charge in [-0.25, -0.2) is 0 Å². The molecule has 0 saturated heterocycles. The lowest BCUT2D eigenvalue weighted by molar-refractivity contribution is 0.282. The lowest BCUT2D eigenvalue weighted by atomic mass is 10.1. The van der Waals surface area contributed by atoms with Crippen LogP contribution in [0.25, 0.3) is 0 Å². The van der Waals surface area contributed by atoms with Crippen LogP contribution in [-0.2, 0) is 0 Å². The highest BCUT2D eigenvalue weighted by atomic mass is 16.2. The predicted molar refractivity (Wildman–Crippen MR) is 66.6 cm³/mol. The van der Waals surface area contributed by atoms with Gasteiger partial charge < -0.3 is 5.11 Å². The van der Waals surface area contributed by atoms with Crippen molar-refractivity contribution in [2.45, 2.75) is 57.8 Å². The third kappa shape index (κ3) is 13.3. The van der Waals surface area contributed by atoms with E-state index >= 15 is 0 Å². The van der Waals surface area contributed by atoms with Crippen molar-refractivity contribution in [3.8, 4) is 11.8 Å². The Morgan fingerprint density at radius 2 is 1.40 bits per heavy atom. The zero-order chi connectivity index (χ0) is 11.2. The fourth-order valence-electron chi connectivity index (χ4n) is 1.53. The van der Waals surface area contributed by atoms with E-state index in [2.05, 4.69) is 18.4 Å². The van der Waals surface area contributed by atoms with Crippen LogP contribution in [0, 0.1) is 11.8 Å². The van der Waals surface area contributed by atoms with Crippen LogP contribution in [0.2, 0.25) is 0 Å². The Bertz CT molecular complexity index is 185. The normalized spacial score (nSPS) is 9.40. The van der Waals surface area contributed by atoms with E-state index in [4.69, 9.17) is 5.11 Å². The molecule has 0 spiro atoms. The summed E-state index contributed by atoms with van der Waals surface area (Å²) >= 11 is 0. The number of aliphatic hydroxyl groups is 1. The van der Waals surface area contributed by atoms with Crippen molar-refractivity contribution in [3.63, 3.8) is 0 Å². The first kappa shape index (κ1) is 14.3. The standard InChI is InChI=1S/C14H24O/c1-2-3-4-5-6-7-8-9-10-11-12-13-14-15/h2,15H,1,5-14H2. The molecule has 0 bridgehead atoms. The van der Waals surface area contributed by atoms with Crippen molar-refractivity contribution in [1.29, 1.82) is 0 Å². The molecule has 0 aromatic heterocycles. The molecule has 0 unspecified atom stereocenters. The minimum absolute atomic E-state index is 0.349. The average molecular weight is 208 g/mol. The van der Waals surface area contributed by atoms with Crippen LogP contribution in [0.4, 0.5) is 0 Å². The largest absolute Gasteiger partial charge is 0.396 e. The van der Waals surface area contributed by atoms with Crippen molar-refractivity contribution in [2.24, 2.45) is 0 Å². The van der Waals surface area contributed by atoms with Crippen molar-refractivity contribution >= 4 is 0 Å². The highest BCUT2D eigenvalue weighted by Crippen LogP contribution is 2.09. The number of aliphatic hydroxyl groups excluding tert-OH is 1. The summed E-state index contributed by atoms with van der Waals surface area (Å²) in [5.41, 5.74) is 0. The van der Waals surface area contributed by atoms with Gasteiger partial charge in [-0.05, 0) is 18.9 Å². The highest BCUT2D eigenvalue weighted by molar-refractivity contribution is 5.11. The van der Waals surface area contributed by atoms with E-state index in [-0.39, 0.29) is 0 Å². The molecule has 0 radical (unpaired) electrons. The van der Waals surface area contributed by atoms with Crippen LogP contribution in [0.3, 0.4) is 0 Å². The molecular formula is C14H24O. The van der Waals surface area contributed by atoms with Gasteiger partial charge in [0.2, 0.25) is 0 Å². The molecule has 0 aliphatic rings. The van der Waals surface area contributed by atoms with Gasteiger partial charge in [-0.2, -0.15) is 0 Å². The molecule has 15 heavy (non-hydrogen) atoms. The van der Waals surface area contributed by atoms with E-state index in [1.54, 1.807) is 6.08 Å². The average Bonchev–Trinajstić information content (AvgIpc) is 2.26. The minimum atomic E-state index is 0.349. The van der Waals surface area contributed by atoms with Gasteiger partial charge in [-0.1, -0.05) is 56.9 Å². The molecule has 0 aliphatic heterocycles. The number of hydrogen-bond donors (Lipinski definition) is 1. The summed E-state index contributed by atoms with van der Waals surface area (Å²) in [4.78, 5) is 0. The van der Waals surface area contributed by atoms with Crippen molar-refractivity contribution in [3.05, 3.63) is 12.7 Å². The number of hydrogen-bond acceptors (Lipinski definition) is 1. The summed E-state index contributed by atoms with van der Waals surface area (Å²) in [7, 11) is 0. The Hall–Kier alpha value is -0.740. The van der Waals surface area contributed by atoms with Crippen LogP contribution < -0.4 is 0 Å². The van der Waals surface area contributed by atoms with E-state index in [9.17, 15) is 0 Å². The zero-order valence-corrected chi connectivity index (χ0v) is 9.80. The van der Waals surface area contributed by atoms with E-state index in [1.165, 1.54) is 44.9 Å². The molecule has 1 heteroatoms. The Morgan fingerprint density at radius 3 is 1.93 bits per heavy atom. The number of allylic oxidation sites excluding steroid dienone is 1. The maximum absolute atomic E-state index is 8.59. The van der Waals surface area contributed by atoms with Gasteiger partial charge in [-0.15, -0.1) is 0 Å². The molecule has 1 nitrogen and oxygen atoms in total. The molecule has 0 amide bonds. The summed E-state index contributed by atoms with van der Waals surface area (Å²) in [6.07, 6.45) is 12.6. The first-order valence-corrected chi connectivity index (χ1v) is 6.12. The Balaban J connectivity index is 2.95. The third-order valence-corrected chi connectivity index (χ3v) is 2.41. The Morgan fingerprint density at radius 1 is 0.867 bits per heavy atom. The van der Waals surface area contributed by atoms with Gasteiger partial charge in [0.25, 0.3) is 0 Å². The summed E-state index contributed by atoms with van der Waals surface area (Å²) in [6.45, 7) is 3.90. The van der Waals surface area contributed by atoms with Gasteiger partial charge in [0.15, 0.2) is 0 Å². The molecule has 0 heterocycles. The number of unbranched alkanes of at least 4 members (excludes halogenated alkanes) is 8. The second kappa shape index (κ2) is 13.3. The molecule has 0 atom stereocenters. The van der Waals surface area contributed by atoms with Gasteiger partial charge in [0, 0.05) is 13.0 Å². The molecule has 0 aromatic carbocycles. The fourth-order valence-corrected chi connectivity index (χ4v) is 1.53. The lowest BCUT2D eigenvalue weighted by Gasteiger charge is -1.99. The summed E-state index contributed by atoms with van der Waals surface area (Å²) < 4.78 is 0. The van der Waals surface area contributed by atoms with Gasteiger partial charge in [0.05, 0.1) is 0 Å². The van der Waals surface area contributed by atoms with E-state index in [0.717, 1.165) is 12.8 Å². The van der Waals surface area contributed by atoms with Crippen molar-refractivity contribution in [1.82, 2.24) is 0 Å². The zero-order valence-electron chi connectivity index (χ0n) is 9.80. The van der Waals surface area contributed by atoms with Crippen molar-refractivity contribution < 1.29 is 5.11 Å². The maximum Gasteiger partial charge on any atom is 0.0431 e. The molecule has 0 aromatic rings. The van der Waals surface area contributed by atoms with Gasteiger partial charge in [-0.3, -0.25) is 0 Å². The van der Waals surface area contributed by atoms with Crippen LogP contribution >= 0.6 is 0 Å². The van der Waals surface area contributed by atoms with Gasteiger partial charge >= 0.3 is 0 Å². The summed E-state index contributed by atoms with van der Waals surface area (Å²) in [6, 6.07) is 0. The van der Waals surface area contributed by atoms with Crippen molar-refractivity contribution in [2.75, 3.05) is 6.61 Å². The molecule has 1 N–H and O–H groups in total. The minimum Gasteiger partial charge on any atom is -0.396 e. The van der Waals surface area contributed by atoms with E-state index in [1.807, 2.05) is 0 Å². The first-order valence-electron chi connectivity index (χ1n) is 6.12. The molecule has 86 valence electrons. The van der Waals surface area contributed by atoms with Crippen LogP contribution in [0.5, 0.6) is 0 Å². The quantitative estimate of drug-likeness (QED) is 0.452. The molecule has 0 saturated carbocycles. The fraction of sp³-hybridized carbons (Fsp3) is 0.714. The SMILES string of the molecule is C=CC#CCCCCCCCCCCO. The van der Waals surface area contributed by atoms with Crippen LogP contribution in [0.1, 0.15) is 57.8 Å². The first-order chi connectivity index (χ1) is 7.41. The monoisotopic (exact) mass is 208 g/mol. The second-order valence-corrected chi connectivity index (χ2v) is 3.83. The van der Waals surface area contributed by atoms with E-state index in [0.29, 0.717) is 6.61 Å². The lowest BCUT2D eigenvalue weighted by Crippen LogP contribution is -1.84. The summed E-state index contributed by atoms with van der Waals surface area (Å²) in [5, 5.41) is 8.59. The summed E-state index contributed by atoms with van der Waals surface area (Å²) in [5.74, 6) is 5.92. The highest BCUT2D eigenvalue weighted by Gasteiger charge is 1.90. The predicted octanol–water partition coefficient (Wildman–Crippen LogP) is 3.68. The molecule has 0 aliphatic carbocycles. The molecule has 0 fully saturated rings.